The summed E-state index contributed by atoms with van der Waals surface area (Å²) in [6.45, 7) is 0. The van der Waals surface area contributed by atoms with Crippen molar-refractivity contribution in [2.45, 2.75) is 23.8 Å². The second kappa shape index (κ2) is 3.87. The van der Waals surface area contributed by atoms with E-state index in [2.05, 4.69) is 4.72 Å². The Bertz CT molecular complexity index is 529. The normalized spacial score (nSPS) is 16.4. The first-order chi connectivity index (χ1) is 7.40. The Morgan fingerprint density at radius 2 is 2.06 bits per heavy atom. The monoisotopic (exact) mass is 264 g/mol. The number of hydrogen-bond donors (Lipinski definition) is 2. The molecule has 0 atom stereocenters. The van der Waals surface area contributed by atoms with Gasteiger partial charge in [-0.1, -0.05) is 11.6 Å². The van der Waals surface area contributed by atoms with Crippen molar-refractivity contribution in [3.63, 3.8) is 0 Å². The molecule has 0 heterocycles. The van der Waals surface area contributed by atoms with Crippen LogP contribution in [0.1, 0.15) is 12.8 Å². The summed E-state index contributed by atoms with van der Waals surface area (Å²) in [6.07, 6.45) is 1.55. The third-order valence-electron chi connectivity index (χ3n) is 2.22. The van der Waals surface area contributed by atoms with Gasteiger partial charge in [0, 0.05) is 11.1 Å². The molecule has 7 heteroatoms. The Kier molecular flexibility index (Phi) is 2.81. The van der Waals surface area contributed by atoms with Gasteiger partial charge < -0.3 is 5.73 Å². The van der Waals surface area contributed by atoms with Crippen LogP contribution < -0.4 is 10.5 Å². The molecule has 0 aliphatic heterocycles. The first-order valence-electron chi connectivity index (χ1n) is 4.67. The van der Waals surface area contributed by atoms with Crippen LogP contribution in [0, 0.1) is 5.82 Å². The van der Waals surface area contributed by atoms with Gasteiger partial charge in [-0.3, -0.25) is 0 Å². The van der Waals surface area contributed by atoms with Crippen molar-refractivity contribution in [3.05, 3.63) is 23.0 Å². The molecule has 1 aromatic rings. The molecule has 1 aliphatic carbocycles. The van der Waals surface area contributed by atoms with Gasteiger partial charge in [-0.15, -0.1) is 0 Å². The zero-order valence-electron chi connectivity index (χ0n) is 8.20. The number of anilines is 1. The van der Waals surface area contributed by atoms with E-state index in [9.17, 15) is 12.8 Å². The predicted octanol–water partition coefficient (Wildman–Crippen LogP) is 1.50. The van der Waals surface area contributed by atoms with Crippen LogP contribution in [0.15, 0.2) is 17.0 Å². The maximum absolute atomic E-state index is 13.5. The first kappa shape index (κ1) is 11.6. The third-order valence-corrected chi connectivity index (χ3v) is 3.96. The number of sulfonamides is 1. The zero-order chi connectivity index (χ0) is 11.9. The number of nitrogens with two attached hydrogens (primary N) is 1. The van der Waals surface area contributed by atoms with E-state index in [-0.39, 0.29) is 16.8 Å². The number of nitrogens with one attached hydrogen (secondary N) is 1. The van der Waals surface area contributed by atoms with E-state index in [1.165, 1.54) is 6.07 Å². The molecule has 0 bridgehead atoms. The second-order valence-corrected chi connectivity index (χ2v) is 5.82. The van der Waals surface area contributed by atoms with Crippen LogP contribution in [-0.4, -0.2) is 14.5 Å². The van der Waals surface area contributed by atoms with Crippen molar-refractivity contribution in [1.29, 1.82) is 0 Å². The Morgan fingerprint density at radius 1 is 1.44 bits per heavy atom. The summed E-state index contributed by atoms with van der Waals surface area (Å²) in [4.78, 5) is -0.496. The summed E-state index contributed by atoms with van der Waals surface area (Å²) >= 11 is 5.64. The van der Waals surface area contributed by atoms with Gasteiger partial charge in [0.25, 0.3) is 0 Å². The summed E-state index contributed by atoms with van der Waals surface area (Å²) in [5.74, 6) is -0.961. The molecule has 16 heavy (non-hydrogen) atoms. The fourth-order valence-electron chi connectivity index (χ4n) is 1.26. The van der Waals surface area contributed by atoms with Crippen molar-refractivity contribution < 1.29 is 12.8 Å². The van der Waals surface area contributed by atoms with Crippen molar-refractivity contribution in [2.24, 2.45) is 0 Å². The standard InChI is InChI=1S/C9H10ClFN2O2S/c10-5-3-7(12)9(11)8(4-5)16(14,15)13-6-1-2-6/h3-4,6,13H,1-2,12H2. The molecule has 1 fully saturated rings. The van der Waals surface area contributed by atoms with Crippen molar-refractivity contribution in [1.82, 2.24) is 4.72 Å². The molecule has 0 amide bonds. The lowest BCUT2D eigenvalue weighted by atomic mass is 10.3. The second-order valence-electron chi connectivity index (χ2n) is 3.70. The zero-order valence-corrected chi connectivity index (χ0v) is 9.78. The molecule has 1 saturated carbocycles. The number of benzene rings is 1. The average molecular weight is 265 g/mol. The van der Waals surface area contributed by atoms with Gasteiger partial charge in [-0.05, 0) is 25.0 Å². The molecular weight excluding hydrogens is 255 g/mol. The van der Waals surface area contributed by atoms with Crippen LogP contribution in [0.2, 0.25) is 5.02 Å². The van der Waals surface area contributed by atoms with Crippen LogP contribution in [0.5, 0.6) is 0 Å². The van der Waals surface area contributed by atoms with E-state index >= 15 is 0 Å². The lowest BCUT2D eigenvalue weighted by Crippen LogP contribution is -2.26. The van der Waals surface area contributed by atoms with Gasteiger partial charge in [0.05, 0.1) is 5.69 Å². The lowest BCUT2D eigenvalue weighted by molar-refractivity contribution is 0.558. The molecular formula is C9H10ClFN2O2S. The smallest absolute Gasteiger partial charge is 0.243 e. The Balaban J connectivity index is 2.45. The van der Waals surface area contributed by atoms with E-state index in [0.717, 1.165) is 18.9 Å². The van der Waals surface area contributed by atoms with Gasteiger partial charge >= 0.3 is 0 Å². The van der Waals surface area contributed by atoms with Gasteiger partial charge in [0.1, 0.15) is 4.90 Å². The maximum Gasteiger partial charge on any atom is 0.243 e. The predicted molar refractivity (Wildman–Crippen MR) is 59.2 cm³/mol. The van der Waals surface area contributed by atoms with Gasteiger partial charge in [0.2, 0.25) is 10.0 Å². The van der Waals surface area contributed by atoms with Crippen molar-refractivity contribution in [3.8, 4) is 0 Å². The molecule has 0 saturated heterocycles. The topological polar surface area (TPSA) is 72.2 Å². The summed E-state index contributed by atoms with van der Waals surface area (Å²) < 4.78 is 39.4. The summed E-state index contributed by atoms with van der Waals surface area (Å²) in [7, 11) is -3.86. The third kappa shape index (κ3) is 2.28. The highest BCUT2D eigenvalue weighted by Crippen LogP contribution is 2.27. The highest BCUT2D eigenvalue weighted by atomic mass is 35.5. The van der Waals surface area contributed by atoms with Crippen molar-refractivity contribution in [2.75, 3.05) is 5.73 Å². The highest BCUT2D eigenvalue weighted by molar-refractivity contribution is 7.89. The first-order valence-corrected chi connectivity index (χ1v) is 6.53. The number of halogens is 2. The lowest BCUT2D eigenvalue weighted by Gasteiger charge is -2.08. The Morgan fingerprint density at radius 3 is 2.62 bits per heavy atom. The van der Waals surface area contributed by atoms with Crippen LogP contribution in [0.3, 0.4) is 0 Å². The molecule has 3 N–H and O–H groups in total. The van der Waals surface area contributed by atoms with Gasteiger partial charge in [-0.25, -0.2) is 17.5 Å². The average Bonchev–Trinajstić information content (AvgIpc) is 2.94. The van der Waals surface area contributed by atoms with Gasteiger partial charge in [0.15, 0.2) is 5.82 Å². The van der Waals surface area contributed by atoms with Gasteiger partial charge in [-0.2, -0.15) is 0 Å². The molecule has 2 rings (SSSR count). The van der Waals surface area contributed by atoms with E-state index in [1.807, 2.05) is 0 Å². The van der Waals surface area contributed by atoms with E-state index in [4.69, 9.17) is 17.3 Å². The fraction of sp³-hybridized carbons (Fsp3) is 0.333. The fourth-order valence-corrected chi connectivity index (χ4v) is 2.99. The number of hydrogen-bond acceptors (Lipinski definition) is 3. The largest absolute Gasteiger partial charge is 0.396 e. The number of nitrogen functional groups attached to an aromatic ring is 1. The summed E-state index contributed by atoms with van der Waals surface area (Å²) in [5.41, 5.74) is 5.04. The number of rotatable bonds is 3. The molecule has 0 unspecified atom stereocenters. The van der Waals surface area contributed by atoms with Crippen LogP contribution in [-0.2, 0) is 10.0 Å². The SMILES string of the molecule is Nc1cc(Cl)cc(S(=O)(=O)NC2CC2)c1F. The molecule has 0 aromatic heterocycles. The molecule has 0 radical (unpaired) electrons. The van der Waals surface area contributed by atoms with Crippen LogP contribution in [0.4, 0.5) is 10.1 Å². The summed E-state index contributed by atoms with van der Waals surface area (Å²) in [5, 5.41) is 0.0927. The minimum Gasteiger partial charge on any atom is -0.396 e. The molecule has 88 valence electrons. The Labute approximate surface area is 97.6 Å². The van der Waals surface area contributed by atoms with E-state index in [1.54, 1.807) is 0 Å². The van der Waals surface area contributed by atoms with Crippen LogP contribution >= 0.6 is 11.6 Å². The quantitative estimate of drug-likeness (QED) is 0.813. The van der Waals surface area contributed by atoms with E-state index in [0.29, 0.717) is 0 Å². The molecule has 0 spiro atoms. The minimum atomic E-state index is -3.86. The minimum absolute atomic E-state index is 0.0927. The Hall–Kier alpha value is -0.850. The molecule has 1 aromatic carbocycles. The summed E-state index contributed by atoms with van der Waals surface area (Å²) in [6, 6.07) is 2.13. The maximum atomic E-state index is 13.5. The highest BCUT2D eigenvalue weighted by Gasteiger charge is 2.30. The van der Waals surface area contributed by atoms with E-state index < -0.39 is 20.7 Å². The van der Waals surface area contributed by atoms with Crippen LogP contribution in [0.25, 0.3) is 0 Å². The molecule has 4 nitrogen and oxygen atoms in total. The molecule has 1 aliphatic rings. The van der Waals surface area contributed by atoms with Crippen molar-refractivity contribution >= 4 is 27.3 Å².